The quantitative estimate of drug-likeness (QED) is 0.582. The Hall–Kier alpha value is -0.190. The average molecular weight is 351 g/mol. The first kappa shape index (κ1) is 15.9. The van der Waals surface area contributed by atoms with Crippen molar-refractivity contribution in [3.63, 3.8) is 0 Å². The summed E-state index contributed by atoms with van der Waals surface area (Å²) in [5.74, 6) is -0.00894. The van der Waals surface area contributed by atoms with Gasteiger partial charge in [0, 0.05) is 22.8 Å². The van der Waals surface area contributed by atoms with Gasteiger partial charge in [0.25, 0.3) is 5.91 Å². The van der Waals surface area contributed by atoms with Gasteiger partial charge in [0.2, 0.25) is 0 Å². The molecule has 18 heavy (non-hydrogen) atoms. The van der Waals surface area contributed by atoms with Crippen LogP contribution in [0.3, 0.4) is 0 Å². The van der Waals surface area contributed by atoms with Crippen molar-refractivity contribution >= 4 is 45.2 Å². The summed E-state index contributed by atoms with van der Waals surface area (Å²) in [6, 6.07) is 5.73. The fraction of sp³-hybridized carbons (Fsp3) is 0.462. The minimum absolute atomic E-state index is 0.00894. The van der Waals surface area contributed by atoms with Crippen molar-refractivity contribution in [1.82, 2.24) is 4.90 Å². The lowest BCUT2D eigenvalue weighted by Crippen LogP contribution is -2.38. The van der Waals surface area contributed by atoms with E-state index in [2.05, 4.69) is 15.9 Å². The molecule has 1 aromatic rings. The van der Waals surface area contributed by atoms with Crippen LogP contribution in [0, 0.1) is 0 Å². The number of thioether (sulfide) groups is 1. The second-order valence-corrected chi connectivity index (χ2v) is 6.21. The van der Waals surface area contributed by atoms with Gasteiger partial charge in [-0.2, -0.15) is 0 Å². The van der Waals surface area contributed by atoms with Crippen molar-refractivity contribution in [2.75, 3.05) is 18.1 Å². The Bertz CT molecular complexity index is 425. The Morgan fingerprint density at radius 1 is 1.50 bits per heavy atom. The lowest BCUT2D eigenvalue weighted by atomic mass is 10.1. The third kappa shape index (κ3) is 3.90. The number of carbonyl (C=O) groups is 1. The third-order valence-electron chi connectivity index (χ3n) is 2.61. The molecule has 0 aromatic heterocycles. The first-order valence-corrected chi connectivity index (χ1v) is 8.44. The molecule has 100 valence electrons. The number of hydrogen-bond acceptors (Lipinski definition) is 2. The van der Waals surface area contributed by atoms with E-state index in [4.69, 9.17) is 11.6 Å². The zero-order chi connectivity index (χ0) is 13.7. The van der Waals surface area contributed by atoms with Gasteiger partial charge in [0.15, 0.2) is 0 Å². The van der Waals surface area contributed by atoms with Gasteiger partial charge in [-0.15, -0.1) is 11.8 Å². The highest BCUT2D eigenvalue weighted by Gasteiger charge is 2.20. The second-order valence-electron chi connectivity index (χ2n) is 4.13. The average Bonchev–Trinajstić information content (AvgIpc) is 2.35. The molecule has 0 aliphatic rings. The lowest BCUT2D eigenvalue weighted by molar-refractivity contribution is 0.0719. The van der Waals surface area contributed by atoms with E-state index >= 15 is 0 Å². The fourth-order valence-electron chi connectivity index (χ4n) is 1.64. The fourth-order valence-corrected chi connectivity index (χ4v) is 2.66. The van der Waals surface area contributed by atoms with Crippen LogP contribution >= 0.6 is 39.3 Å². The molecule has 0 radical (unpaired) electrons. The van der Waals surface area contributed by atoms with Gasteiger partial charge in [-0.05, 0) is 38.3 Å². The molecule has 0 unspecified atom stereocenters. The molecule has 5 heteroatoms. The lowest BCUT2D eigenvalue weighted by Gasteiger charge is -2.26. The van der Waals surface area contributed by atoms with E-state index in [9.17, 15) is 4.79 Å². The normalized spacial score (nSPS) is 10.8. The monoisotopic (exact) mass is 349 g/mol. The summed E-state index contributed by atoms with van der Waals surface area (Å²) in [6.07, 6.45) is 1.98. The molecule has 0 heterocycles. The minimum atomic E-state index is -0.00894. The van der Waals surface area contributed by atoms with Crippen LogP contribution in [0.1, 0.15) is 24.2 Å². The predicted molar refractivity (Wildman–Crippen MR) is 83.2 cm³/mol. The SMILES string of the molecule is CSc1ccc(Cl)c(C(=O)N(CCBr)C(C)C)c1. The Morgan fingerprint density at radius 2 is 2.17 bits per heavy atom. The van der Waals surface area contributed by atoms with Gasteiger partial charge in [0.1, 0.15) is 0 Å². The molecular formula is C13H17BrClNOS. The van der Waals surface area contributed by atoms with Crippen molar-refractivity contribution < 1.29 is 4.79 Å². The maximum absolute atomic E-state index is 12.5. The van der Waals surface area contributed by atoms with Crippen LogP contribution in [0.15, 0.2) is 23.1 Å². The molecule has 0 aliphatic heterocycles. The van der Waals surface area contributed by atoms with Gasteiger partial charge in [-0.1, -0.05) is 27.5 Å². The van der Waals surface area contributed by atoms with Gasteiger partial charge in [-0.25, -0.2) is 0 Å². The van der Waals surface area contributed by atoms with Crippen molar-refractivity contribution in [2.24, 2.45) is 0 Å². The van der Waals surface area contributed by atoms with E-state index in [1.165, 1.54) is 0 Å². The Morgan fingerprint density at radius 3 is 2.67 bits per heavy atom. The van der Waals surface area contributed by atoms with Crippen LogP contribution < -0.4 is 0 Å². The molecule has 0 aliphatic carbocycles. The van der Waals surface area contributed by atoms with E-state index < -0.39 is 0 Å². The number of benzene rings is 1. The highest BCUT2D eigenvalue weighted by Crippen LogP contribution is 2.24. The number of alkyl halides is 1. The zero-order valence-corrected chi connectivity index (χ0v) is 13.9. The van der Waals surface area contributed by atoms with Gasteiger partial charge >= 0.3 is 0 Å². The highest BCUT2D eigenvalue weighted by molar-refractivity contribution is 9.09. The molecule has 1 aromatic carbocycles. The molecule has 2 nitrogen and oxygen atoms in total. The van der Waals surface area contributed by atoms with Crippen LogP contribution in [0.25, 0.3) is 0 Å². The molecular weight excluding hydrogens is 334 g/mol. The van der Waals surface area contributed by atoms with E-state index in [1.54, 1.807) is 17.8 Å². The maximum atomic E-state index is 12.5. The Labute approximate surface area is 126 Å². The van der Waals surface area contributed by atoms with Gasteiger partial charge in [-0.3, -0.25) is 4.79 Å². The maximum Gasteiger partial charge on any atom is 0.255 e. The van der Waals surface area contributed by atoms with Crippen molar-refractivity contribution in [1.29, 1.82) is 0 Å². The van der Waals surface area contributed by atoms with Crippen LogP contribution in [-0.2, 0) is 0 Å². The summed E-state index contributed by atoms with van der Waals surface area (Å²) in [5, 5.41) is 1.27. The second kappa shape index (κ2) is 7.41. The molecule has 0 fully saturated rings. The molecule has 0 spiro atoms. The van der Waals surface area contributed by atoms with Crippen LogP contribution in [-0.4, -0.2) is 35.0 Å². The molecule has 1 rings (SSSR count). The Balaban J connectivity index is 3.07. The number of hydrogen-bond donors (Lipinski definition) is 0. The van der Waals surface area contributed by atoms with Crippen molar-refractivity contribution in [3.05, 3.63) is 28.8 Å². The minimum Gasteiger partial charge on any atom is -0.335 e. The number of amides is 1. The molecule has 0 bridgehead atoms. The zero-order valence-electron chi connectivity index (χ0n) is 10.7. The van der Waals surface area contributed by atoms with Crippen LogP contribution in [0.4, 0.5) is 0 Å². The summed E-state index contributed by atoms with van der Waals surface area (Å²) in [5.41, 5.74) is 0.582. The number of nitrogens with zero attached hydrogens (tertiary/aromatic N) is 1. The number of halogens is 2. The number of carbonyl (C=O) groups excluding carboxylic acids is 1. The molecule has 0 saturated carbocycles. The molecule has 0 atom stereocenters. The Kier molecular flexibility index (Phi) is 6.53. The molecule has 1 amide bonds. The van der Waals surface area contributed by atoms with E-state index in [0.29, 0.717) is 17.1 Å². The van der Waals surface area contributed by atoms with E-state index in [0.717, 1.165) is 10.2 Å². The van der Waals surface area contributed by atoms with E-state index in [-0.39, 0.29) is 11.9 Å². The van der Waals surface area contributed by atoms with Crippen LogP contribution in [0.5, 0.6) is 0 Å². The summed E-state index contributed by atoms with van der Waals surface area (Å²) >= 11 is 11.1. The predicted octanol–water partition coefficient (Wildman–Crippen LogP) is 4.31. The summed E-state index contributed by atoms with van der Waals surface area (Å²) in [7, 11) is 0. The largest absolute Gasteiger partial charge is 0.335 e. The summed E-state index contributed by atoms with van der Waals surface area (Å²) < 4.78 is 0. The molecule has 0 N–H and O–H groups in total. The standard InChI is InChI=1S/C13H17BrClNOS/c1-9(2)16(7-6-14)13(17)11-8-10(18-3)4-5-12(11)15/h4-5,8-9H,6-7H2,1-3H3. The summed E-state index contributed by atoms with van der Waals surface area (Å²) in [4.78, 5) is 15.3. The van der Waals surface area contributed by atoms with Crippen molar-refractivity contribution in [2.45, 2.75) is 24.8 Å². The van der Waals surface area contributed by atoms with Crippen molar-refractivity contribution in [3.8, 4) is 0 Å². The van der Waals surface area contributed by atoms with Gasteiger partial charge in [0.05, 0.1) is 10.6 Å². The van der Waals surface area contributed by atoms with Gasteiger partial charge < -0.3 is 4.90 Å². The highest BCUT2D eigenvalue weighted by atomic mass is 79.9. The molecule has 0 saturated heterocycles. The number of rotatable bonds is 5. The summed E-state index contributed by atoms with van der Waals surface area (Å²) in [6.45, 7) is 4.69. The third-order valence-corrected chi connectivity index (χ3v) is 4.02. The first-order chi connectivity index (χ1) is 8.51. The first-order valence-electron chi connectivity index (χ1n) is 5.71. The van der Waals surface area contributed by atoms with Crippen LogP contribution in [0.2, 0.25) is 5.02 Å². The van der Waals surface area contributed by atoms with E-state index in [1.807, 2.05) is 37.1 Å². The smallest absolute Gasteiger partial charge is 0.255 e. The topological polar surface area (TPSA) is 20.3 Å².